The molecule has 1 aliphatic carbocycles. The summed E-state index contributed by atoms with van der Waals surface area (Å²) in [4.78, 5) is 15.4. The second kappa shape index (κ2) is 7.17. The summed E-state index contributed by atoms with van der Waals surface area (Å²) in [5.74, 6) is -0.814. The topological polar surface area (TPSA) is 46.9 Å². The van der Waals surface area contributed by atoms with E-state index < -0.39 is 63.1 Å². The molecule has 30 heavy (non-hydrogen) atoms. The molecule has 1 aliphatic rings. The third-order valence-electron chi connectivity index (χ3n) is 4.11. The first kappa shape index (κ1) is 22.4. The third kappa shape index (κ3) is 4.57. The summed E-state index contributed by atoms with van der Waals surface area (Å²) in [6.07, 6.45) is -14.7. The van der Waals surface area contributed by atoms with Crippen LogP contribution in [0.3, 0.4) is 0 Å². The molecule has 4 nitrogen and oxygen atoms in total. The van der Waals surface area contributed by atoms with E-state index in [-0.39, 0.29) is 18.2 Å². The van der Waals surface area contributed by atoms with Crippen molar-refractivity contribution in [3.8, 4) is 0 Å². The Labute approximate surface area is 169 Å². The van der Waals surface area contributed by atoms with Crippen molar-refractivity contribution in [2.45, 2.75) is 37.4 Å². The number of benzene rings is 1. The fourth-order valence-electron chi connectivity index (χ4n) is 2.62. The second-order valence-corrected chi connectivity index (χ2v) is 7.20. The maximum atomic E-state index is 13.2. The molecule has 1 saturated carbocycles. The van der Waals surface area contributed by atoms with E-state index in [1.807, 2.05) is 5.32 Å². The van der Waals surface area contributed by atoms with E-state index in [2.05, 4.69) is 20.9 Å². The summed E-state index contributed by atoms with van der Waals surface area (Å²) in [5, 5.41) is 2.05. The molecular formula is C16H9BrF9N3O. The number of nitrogens with one attached hydrogen (secondary N) is 1. The minimum absolute atomic E-state index is 0.136. The Hall–Kier alpha value is -2.25. The standard InChI is InChI=1S/C16H9BrF9N3O/c17-12-8(15(21,22)23)3-6(14(18,19)20)4-9(12)27-13-28-10(16(24,25)26)5-11(30)29(13)7-1-2-7/h3-5,7H,1-2H2,(H,27,28). The predicted octanol–water partition coefficient (Wildman–Crippen LogP) is 6.14. The van der Waals surface area contributed by atoms with Gasteiger partial charge in [-0.25, -0.2) is 4.98 Å². The molecule has 1 aromatic carbocycles. The van der Waals surface area contributed by atoms with Crippen LogP contribution in [0.25, 0.3) is 0 Å². The number of hydrogen-bond donors (Lipinski definition) is 1. The van der Waals surface area contributed by atoms with Crippen molar-refractivity contribution >= 4 is 27.6 Å². The van der Waals surface area contributed by atoms with Crippen LogP contribution in [0, 0.1) is 0 Å². The van der Waals surface area contributed by atoms with Crippen molar-refractivity contribution < 1.29 is 39.5 Å². The largest absolute Gasteiger partial charge is 0.433 e. The molecule has 1 heterocycles. The highest BCUT2D eigenvalue weighted by Crippen LogP contribution is 2.44. The maximum Gasteiger partial charge on any atom is 0.433 e. The van der Waals surface area contributed by atoms with Gasteiger partial charge in [-0.15, -0.1) is 0 Å². The maximum absolute atomic E-state index is 13.2. The molecule has 0 bridgehead atoms. The van der Waals surface area contributed by atoms with Crippen molar-refractivity contribution in [2.75, 3.05) is 5.32 Å². The molecule has 0 amide bonds. The van der Waals surface area contributed by atoms with Gasteiger partial charge in [-0.05, 0) is 40.9 Å². The van der Waals surface area contributed by atoms with E-state index in [0.29, 0.717) is 12.8 Å². The van der Waals surface area contributed by atoms with Gasteiger partial charge in [0.1, 0.15) is 0 Å². The van der Waals surface area contributed by atoms with Crippen LogP contribution in [-0.4, -0.2) is 9.55 Å². The summed E-state index contributed by atoms with van der Waals surface area (Å²) in [7, 11) is 0. The summed E-state index contributed by atoms with van der Waals surface area (Å²) in [5.41, 5.74) is -7.01. The monoisotopic (exact) mass is 509 g/mol. The number of alkyl halides is 9. The van der Waals surface area contributed by atoms with Crippen LogP contribution in [0.2, 0.25) is 0 Å². The summed E-state index contributed by atoms with van der Waals surface area (Å²) in [6.45, 7) is 0. The fraction of sp³-hybridized carbons (Fsp3) is 0.375. The highest BCUT2D eigenvalue weighted by molar-refractivity contribution is 9.10. The van der Waals surface area contributed by atoms with E-state index in [9.17, 15) is 44.3 Å². The molecule has 1 fully saturated rings. The van der Waals surface area contributed by atoms with Gasteiger partial charge in [0, 0.05) is 12.1 Å². The molecule has 0 atom stereocenters. The van der Waals surface area contributed by atoms with Crippen molar-refractivity contribution in [3.63, 3.8) is 0 Å². The fourth-order valence-corrected chi connectivity index (χ4v) is 3.17. The normalized spacial score (nSPS) is 15.4. The molecule has 0 saturated heterocycles. The van der Waals surface area contributed by atoms with Crippen LogP contribution in [0.1, 0.15) is 35.7 Å². The van der Waals surface area contributed by atoms with Gasteiger partial charge in [-0.1, -0.05) is 0 Å². The number of aromatic nitrogens is 2. The van der Waals surface area contributed by atoms with Crippen molar-refractivity contribution in [2.24, 2.45) is 0 Å². The minimum Gasteiger partial charge on any atom is -0.324 e. The number of hydrogen-bond acceptors (Lipinski definition) is 3. The molecule has 164 valence electrons. The average molecular weight is 510 g/mol. The number of anilines is 2. The quantitative estimate of drug-likeness (QED) is 0.505. The van der Waals surface area contributed by atoms with E-state index >= 15 is 0 Å². The molecule has 3 rings (SSSR count). The number of rotatable bonds is 3. The lowest BCUT2D eigenvalue weighted by atomic mass is 10.1. The molecule has 14 heteroatoms. The van der Waals surface area contributed by atoms with Gasteiger partial charge >= 0.3 is 18.5 Å². The van der Waals surface area contributed by atoms with Gasteiger partial charge in [0.2, 0.25) is 5.95 Å². The van der Waals surface area contributed by atoms with E-state index in [4.69, 9.17) is 0 Å². The Morgan fingerprint density at radius 2 is 1.53 bits per heavy atom. The number of halogens is 10. The first-order chi connectivity index (χ1) is 13.6. The zero-order valence-corrected chi connectivity index (χ0v) is 15.9. The van der Waals surface area contributed by atoms with Crippen molar-refractivity contribution in [1.29, 1.82) is 0 Å². The van der Waals surface area contributed by atoms with Gasteiger partial charge in [0.15, 0.2) is 5.69 Å². The van der Waals surface area contributed by atoms with Crippen LogP contribution in [0.4, 0.5) is 51.1 Å². The Balaban J connectivity index is 2.21. The van der Waals surface area contributed by atoms with Crippen molar-refractivity contribution in [1.82, 2.24) is 9.55 Å². The van der Waals surface area contributed by atoms with Gasteiger partial charge in [0.25, 0.3) is 5.56 Å². The molecule has 0 spiro atoms. The number of nitrogens with zero attached hydrogens (tertiary/aromatic N) is 2. The van der Waals surface area contributed by atoms with Crippen LogP contribution >= 0.6 is 15.9 Å². The molecule has 1 aromatic heterocycles. The lowest BCUT2D eigenvalue weighted by molar-refractivity contribution is -0.143. The molecule has 0 aliphatic heterocycles. The van der Waals surface area contributed by atoms with E-state index in [0.717, 1.165) is 4.57 Å². The van der Waals surface area contributed by atoms with Crippen LogP contribution in [0.5, 0.6) is 0 Å². The van der Waals surface area contributed by atoms with E-state index in [1.165, 1.54) is 0 Å². The average Bonchev–Trinajstić information content (AvgIpc) is 3.38. The Bertz CT molecular complexity index is 1040. The minimum atomic E-state index is -5.20. The zero-order valence-electron chi connectivity index (χ0n) is 14.3. The molecule has 2 aromatic rings. The highest BCUT2D eigenvalue weighted by atomic mass is 79.9. The summed E-state index contributed by atoms with van der Waals surface area (Å²) < 4.78 is 118. The third-order valence-corrected chi connectivity index (χ3v) is 4.96. The van der Waals surface area contributed by atoms with Crippen LogP contribution in [-0.2, 0) is 18.5 Å². The van der Waals surface area contributed by atoms with Gasteiger partial charge in [-0.2, -0.15) is 39.5 Å². The van der Waals surface area contributed by atoms with Gasteiger partial charge in [-0.3, -0.25) is 9.36 Å². The molecule has 0 radical (unpaired) electrons. The van der Waals surface area contributed by atoms with Crippen molar-refractivity contribution in [3.05, 3.63) is 49.8 Å². The van der Waals surface area contributed by atoms with Gasteiger partial charge in [0.05, 0.1) is 21.3 Å². The summed E-state index contributed by atoms with van der Waals surface area (Å²) >= 11 is 2.54. The van der Waals surface area contributed by atoms with Crippen LogP contribution in [0.15, 0.2) is 27.5 Å². The Kier molecular flexibility index (Phi) is 5.36. The first-order valence-electron chi connectivity index (χ1n) is 8.05. The van der Waals surface area contributed by atoms with E-state index in [1.54, 1.807) is 0 Å². The lowest BCUT2D eigenvalue weighted by Crippen LogP contribution is -2.26. The molecule has 1 N–H and O–H groups in total. The molecular weight excluding hydrogens is 501 g/mol. The lowest BCUT2D eigenvalue weighted by Gasteiger charge is -2.20. The second-order valence-electron chi connectivity index (χ2n) is 6.41. The smallest absolute Gasteiger partial charge is 0.324 e. The van der Waals surface area contributed by atoms with Crippen LogP contribution < -0.4 is 10.9 Å². The molecule has 0 unspecified atom stereocenters. The van der Waals surface area contributed by atoms with Gasteiger partial charge < -0.3 is 5.32 Å². The first-order valence-corrected chi connectivity index (χ1v) is 8.84. The zero-order chi connectivity index (χ0) is 22.6. The SMILES string of the molecule is O=c1cc(C(F)(F)F)nc(Nc2cc(C(F)(F)F)cc(C(F)(F)F)c2Br)n1C1CC1. The Morgan fingerprint density at radius 3 is 2.00 bits per heavy atom. The Morgan fingerprint density at radius 1 is 0.933 bits per heavy atom. The predicted molar refractivity (Wildman–Crippen MR) is 89.2 cm³/mol. The summed E-state index contributed by atoms with van der Waals surface area (Å²) in [6, 6.07) is -0.209. The highest BCUT2D eigenvalue weighted by Gasteiger charge is 2.40.